The van der Waals surface area contributed by atoms with Gasteiger partial charge in [0.2, 0.25) is 0 Å². The van der Waals surface area contributed by atoms with E-state index in [1.165, 1.54) is 11.3 Å². The maximum Gasteiger partial charge on any atom is 0.116 e. The van der Waals surface area contributed by atoms with Gasteiger partial charge in [-0.15, -0.1) is 6.58 Å². The van der Waals surface area contributed by atoms with E-state index in [9.17, 15) is 5.11 Å². The minimum absolute atomic E-state index is 0.206. The second kappa shape index (κ2) is 8.46. The molecule has 3 N–H and O–H groups in total. The topological polar surface area (TPSA) is 54.5 Å². The molecule has 144 valence electrons. The number of phenols is 1. The average molecular weight is 367 g/mol. The summed E-state index contributed by atoms with van der Waals surface area (Å²) in [4.78, 5) is 7.98. The summed E-state index contributed by atoms with van der Waals surface area (Å²) in [5, 5.41) is 14.3. The molecule has 1 aromatic carbocycles. The quantitative estimate of drug-likeness (QED) is 0.471. The van der Waals surface area contributed by atoms with E-state index in [-0.39, 0.29) is 6.04 Å². The summed E-state index contributed by atoms with van der Waals surface area (Å²) in [5.41, 5.74) is 4.64. The first-order chi connectivity index (χ1) is 13.0. The van der Waals surface area contributed by atoms with E-state index in [1.54, 1.807) is 6.07 Å². The fraction of sp³-hybridized carbons (Fsp3) is 0.364. The molecule has 0 bridgehead atoms. The maximum absolute atomic E-state index is 9.89. The Hall–Kier alpha value is -2.50. The Morgan fingerprint density at radius 3 is 3.00 bits per heavy atom. The van der Waals surface area contributed by atoms with Crippen molar-refractivity contribution in [3.63, 3.8) is 0 Å². The lowest BCUT2D eigenvalue weighted by Gasteiger charge is -2.38. The van der Waals surface area contributed by atoms with Crippen LogP contribution in [0.4, 0.5) is 0 Å². The summed E-state index contributed by atoms with van der Waals surface area (Å²) in [6.07, 6.45) is 5.63. The molecule has 5 nitrogen and oxygen atoms in total. The van der Waals surface area contributed by atoms with Gasteiger partial charge in [0, 0.05) is 41.9 Å². The fourth-order valence-electron chi connectivity index (χ4n) is 3.86. The minimum Gasteiger partial charge on any atom is -0.508 e. The van der Waals surface area contributed by atoms with Crippen molar-refractivity contribution in [1.29, 1.82) is 0 Å². The Balaban J connectivity index is 1.73. The highest BCUT2D eigenvalue weighted by atomic mass is 16.3. The molecule has 0 fully saturated rings. The van der Waals surface area contributed by atoms with Gasteiger partial charge in [0.15, 0.2) is 0 Å². The predicted molar refractivity (Wildman–Crippen MR) is 113 cm³/mol. The number of likely N-dealkylation sites (N-methyl/N-ethyl adjacent to an activating group) is 1. The standard InChI is InChI=1S/C22H30N4O/c1-5-10-23-11-7-12-26(6-2)16(3)22-14-19-18-13-17(27)8-9-20(18)24-21(19)15-25(22)4/h5-6,8-9,13,22-24,27H,1-3,7,10-12,14-15H2,4H3/t22-/m0/s1. The lowest BCUT2D eigenvalue weighted by molar-refractivity contribution is 0.211. The van der Waals surface area contributed by atoms with Gasteiger partial charge in [0.25, 0.3) is 0 Å². The number of phenolic OH excluding ortho intramolecular Hbond substituents is 1. The van der Waals surface area contributed by atoms with Crippen LogP contribution in [-0.2, 0) is 13.0 Å². The molecule has 0 spiro atoms. The first-order valence-electron chi connectivity index (χ1n) is 9.47. The second-order valence-electron chi connectivity index (χ2n) is 7.16. The summed E-state index contributed by atoms with van der Waals surface area (Å²) in [5.74, 6) is 0.304. The number of aromatic hydroxyl groups is 1. The molecular weight excluding hydrogens is 336 g/mol. The number of rotatable bonds is 9. The third kappa shape index (κ3) is 4.10. The van der Waals surface area contributed by atoms with Gasteiger partial charge in [-0.1, -0.05) is 19.2 Å². The van der Waals surface area contributed by atoms with Gasteiger partial charge < -0.3 is 20.3 Å². The number of hydrogen-bond donors (Lipinski definition) is 3. The summed E-state index contributed by atoms with van der Waals surface area (Å²) in [7, 11) is 2.13. The van der Waals surface area contributed by atoms with Gasteiger partial charge in [-0.25, -0.2) is 0 Å². The minimum atomic E-state index is 0.206. The van der Waals surface area contributed by atoms with Crippen LogP contribution in [0.2, 0.25) is 0 Å². The molecule has 0 saturated carbocycles. The summed E-state index contributed by atoms with van der Waals surface area (Å²) >= 11 is 0. The molecule has 2 aromatic rings. The highest BCUT2D eigenvalue weighted by Gasteiger charge is 2.30. The number of aromatic amines is 1. The van der Waals surface area contributed by atoms with Gasteiger partial charge >= 0.3 is 0 Å². The first kappa shape index (κ1) is 19.3. The van der Waals surface area contributed by atoms with Gasteiger partial charge in [-0.05, 0) is 56.4 Å². The lowest BCUT2D eigenvalue weighted by Crippen LogP contribution is -2.42. The van der Waals surface area contributed by atoms with Crippen molar-refractivity contribution < 1.29 is 5.11 Å². The third-order valence-electron chi connectivity index (χ3n) is 5.33. The Bertz CT molecular complexity index is 838. The number of fused-ring (bicyclic) bond motifs is 3. The monoisotopic (exact) mass is 366 g/mol. The van der Waals surface area contributed by atoms with Crippen molar-refractivity contribution in [2.75, 3.05) is 26.7 Å². The average Bonchev–Trinajstić information content (AvgIpc) is 3.00. The van der Waals surface area contributed by atoms with Crippen LogP contribution in [-0.4, -0.2) is 52.6 Å². The number of nitrogens with one attached hydrogen (secondary N) is 2. The molecule has 0 unspecified atom stereocenters. The molecule has 1 aromatic heterocycles. The Morgan fingerprint density at radius 1 is 1.44 bits per heavy atom. The zero-order valence-electron chi connectivity index (χ0n) is 16.2. The van der Waals surface area contributed by atoms with Crippen LogP contribution in [0.5, 0.6) is 5.75 Å². The van der Waals surface area contributed by atoms with E-state index in [0.29, 0.717) is 5.75 Å². The van der Waals surface area contributed by atoms with Crippen LogP contribution in [0.3, 0.4) is 0 Å². The van der Waals surface area contributed by atoms with Crippen LogP contribution in [0.25, 0.3) is 10.9 Å². The first-order valence-corrected chi connectivity index (χ1v) is 9.47. The third-order valence-corrected chi connectivity index (χ3v) is 5.33. The summed E-state index contributed by atoms with van der Waals surface area (Å²) in [6.45, 7) is 15.6. The summed E-state index contributed by atoms with van der Waals surface area (Å²) < 4.78 is 0. The van der Waals surface area contributed by atoms with Crippen LogP contribution in [0, 0.1) is 0 Å². The van der Waals surface area contributed by atoms with E-state index >= 15 is 0 Å². The van der Waals surface area contributed by atoms with Gasteiger partial charge in [0.05, 0.1) is 6.04 Å². The second-order valence-corrected chi connectivity index (χ2v) is 7.16. The molecule has 5 heteroatoms. The lowest BCUT2D eigenvalue weighted by atomic mass is 9.95. The number of hydrogen-bond acceptors (Lipinski definition) is 4. The smallest absolute Gasteiger partial charge is 0.116 e. The maximum atomic E-state index is 9.89. The zero-order valence-corrected chi connectivity index (χ0v) is 16.2. The van der Waals surface area contributed by atoms with Crippen molar-refractivity contribution in [1.82, 2.24) is 20.1 Å². The molecule has 1 aliphatic heterocycles. The van der Waals surface area contributed by atoms with Crippen molar-refractivity contribution in [2.24, 2.45) is 0 Å². The molecule has 0 saturated heterocycles. The Kier molecular flexibility index (Phi) is 6.04. The van der Waals surface area contributed by atoms with Crippen LogP contribution >= 0.6 is 0 Å². The van der Waals surface area contributed by atoms with Crippen molar-refractivity contribution in [2.45, 2.75) is 25.4 Å². The zero-order chi connectivity index (χ0) is 19.4. The number of aromatic nitrogens is 1. The van der Waals surface area contributed by atoms with E-state index in [2.05, 4.69) is 46.9 Å². The molecule has 0 radical (unpaired) electrons. The SMILES string of the molecule is C=CCNCCCN(C=C)C(=C)[C@@H]1Cc2c([nH]c3ccc(O)cc23)CN1C. The van der Waals surface area contributed by atoms with Gasteiger partial charge in [-0.2, -0.15) is 0 Å². The normalized spacial score (nSPS) is 16.9. The Labute approximate surface area is 161 Å². The highest BCUT2D eigenvalue weighted by molar-refractivity contribution is 5.86. The van der Waals surface area contributed by atoms with Gasteiger partial charge in [-0.3, -0.25) is 4.90 Å². The van der Waals surface area contributed by atoms with E-state index in [0.717, 1.165) is 55.6 Å². The molecule has 3 rings (SSSR count). The highest BCUT2D eigenvalue weighted by Crippen LogP contribution is 2.33. The van der Waals surface area contributed by atoms with Crippen molar-refractivity contribution in [3.05, 3.63) is 67.2 Å². The number of H-pyrrole nitrogens is 1. The largest absolute Gasteiger partial charge is 0.508 e. The van der Waals surface area contributed by atoms with Crippen molar-refractivity contribution >= 4 is 10.9 Å². The molecule has 1 aliphatic rings. The predicted octanol–water partition coefficient (Wildman–Crippen LogP) is 3.35. The fourth-order valence-corrected chi connectivity index (χ4v) is 3.86. The molecule has 0 amide bonds. The van der Waals surface area contributed by atoms with Crippen LogP contribution < -0.4 is 5.32 Å². The number of nitrogens with zero attached hydrogens (tertiary/aromatic N) is 2. The molecule has 0 aliphatic carbocycles. The summed E-state index contributed by atoms with van der Waals surface area (Å²) in [6, 6.07) is 5.73. The molecule has 27 heavy (non-hydrogen) atoms. The van der Waals surface area contributed by atoms with E-state index in [1.807, 2.05) is 24.4 Å². The van der Waals surface area contributed by atoms with Crippen LogP contribution in [0.15, 0.2) is 55.9 Å². The molecule has 1 atom stereocenters. The van der Waals surface area contributed by atoms with E-state index < -0.39 is 0 Å². The van der Waals surface area contributed by atoms with Crippen molar-refractivity contribution in [3.8, 4) is 5.75 Å². The van der Waals surface area contributed by atoms with Crippen LogP contribution in [0.1, 0.15) is 17.7 Å². The Morgan fingerprint density at radius 2 is 2.26 bits per heavy atom. The van der Waals surface area contributed by atoms with Gasteiger partial charge in [0.1, 0.15) is 5.75 Å². The molecular formula is C22H30N4O. The van der Waals surface area contributed by atoms with E-state index in [4.69, 9.17) is 0 Å². The number of benzene rings is 1. The molecule has 2 heterocycles.